The van der Waals surface area contributed by atoms with Crippen molar-refractivity contribution in [2.75, 3.05) is 13.2 Å². The maximum Gasteiger partial charge on any atom is 0.306 e. The van der Waals surface area contributed by atoms with Gasteiger partial charge in [-0.15, -0.1) is 0 Å². The van der Waals surface area contributed by atoms with Crippen LogP contribution < -0.4 is 0 Å². The molecule has 0 radical (unpaired) electrons. The molecule has 6 heteroatoms. The van der Waals surface area contributed by atoms with Gasteiger partial charge in [0.15, 0.2) is 6.10 Å². The molecule has 0 saturated heterocycles. The molecule has 6 nitrogen and oxygen atoms in total. The van der Waals surface area contributed by atoms with Gasteiger partial charge in [0.05, 0.1) is 0 Å². The van der Waals surface area contributed by atoms with E-state index in [9.17, 15) is 14.4 Å². The van der Waals surface area contributed by atoms with Gasteiger partial charge in [0.2, 0.25) is 0 Å². The van der Waals surface area contributed by atoms with Crippen LogP contribution in [-0.4, -0.2) is 37.2 Å². The Bertz CT molecular complexity index is 822. The highest BCUT2D eigenvalue weighted by molar-refractivity contribution is 5.71. The van der Waals surface area contributed by atoms with Crippen LogP contribution >= 0.6 is 0 Å². The lowest BCUT2D eigenvalue weighted by Gasteiger charge is -2.18. The Hall–Kier alpha value is -1.59. The number of carbonyl (C=O) groups is 3. The summed E-state index contributed by atoms with van der Waals surface area (Å²) >= 11 is 0. The number of hydrogen-bond donors (Lipinski definition) is 0. The average molecular weight is 835 g/mol. The van der Waals surface area contributed by atoms with Gasteiger partial charge in [-0.25, -0.2) is 0 Å². The van der Waals surface area contributed by atoms with Gasteiger partial charge in [-0.3, -0.25) is 14.4 Å². The van der Waals surface area contributed by atoms with Crippen LogP contribution in [0.1, 0.15) is 303 Å². The molecule has 350 valence electrons. The fourth-order valence-electron chi connectivity index (χ4n) is 8.09. The first kappa shape index (κ1) is 57.4. The average Bonchev–Trinajstić information content (AvgIpc) is 3.23. The van der Waals surface area contributed by atoms with Crippen LogP contribution in [0.3, 0.4) is 0 Å². The summed E-state index contributed by atoms with van der Waals surface area (Å²) in [4.78, 5) is 37.9. The highest BCUT2D eigenvalue weighted by Gasteiger charge is 2.19. The summed E-state index contributed by atoms with van der Waals surface area (Å²) in [6, 6.07) is 0. The maximum atomic E-state index is 12.7. The topological polar surface area (TPSA) is 78.9 Å². The fourth-order valence-corrected chi connectivity index (χ4v) is 8.09. The minimum atomic E-state index is -0.759. The lowest BCUT2D eigenvalue weighted by molar-refractivity contribution is -0.167. The highest BCUT2D eigenvalue weighted by Crippen LogP contribution is 2.17. The molecule has 0 aromatic rings. The molecule has 0 fully saturated rings. The Labute approximate surface area is 368 Å². The summed E-state index contributed by atoms with van der Waals surface area (Å²) in [5.74, 6) is -0.842. The Morgan fingerprint density at radius 3 is 0.678 bits per heavy atom. The zero-order valence-electron chi connectivity index (χ0n) is 40.1. The zero-order valence-corrected chi connectivity index (χ0v) is 40.1. The van der Waals surface area contributed by atoms with Gasteiger partial charge in [-0.05, 0) is 19.3 Å². The van der Waals surface area contributed by atoms with Crippen LogP contribution in [-0.2, 0) is 28.6 Å². The first-order valence-electron chi connectivity index (χ1n) is 26.5. The molecule has 0 spiro atoms. The third-order valence-corrected chi connectivity index (χ3v) is 12.1. The SMILES string of the molecule is CCCCCCCCCCCCCCCCCCC(=O)OCC(COC(=O)CCCCCCCCCCCCCCCCCC)OC(=O)CCCCCCCCCCC. The number of esters is 3. The number of ether oxygens (including phenoxy) is 3. The molecule has 0 N–H and O–H groups in total. The lowest BCUT2D eigenvalue weighted by atomic mass is 10.0. The van der Waals surface area contributed by atoms with Crippen molar-refractivity contribution in [3.05, 3.63) is 0 Å². The molecule has 0 aromatic carbocycles. The first-order chi connectivity index (χ1) is 29.0. The van der Waals surface area contributed by atoms with E-state index < -0.39 is 6.10 Å². The summed E-state index contributed by atoms with van der Waals surface area (Å²) in [5.41, 5.74) is 0. The molecule has 0 atom stereocenters. The van der Waals surface area contributed by atoms with E-state index in [1.807, 2.05) is 0 Å². The minimum Gasteiger partial charge on any atom is -0.462 e. The molecule has 0 bridgehead atoms. The van der Waals surface area contributed by atoms with Gasteiger partial charge >= 0.3 is 17.9 Å². The van der Waals surface area contributed by atoms with E-state index in [4.69, 9.17) is 14.2 Å². The van der Waals surface area contributed by atoms with Gasteiger partial charge in [-0.2, -0.15) is 0 Å². The van der Waals surface area contributed by atoms with E-state index in [-0.39, 0.29) is 31.1 Å². The summed E-state index contributed by atoms with van der Waals surface area (Å²) in [7, 11) is 0. The van der Waals surface area contributed by atoms with E-state index in [1.54, 1.807) is 0 Å². The molecule has 0 amide bonds. The van der Waals surface area contributed by atoms with Gasteiger partial charge < -0.3 is 14.2 Å². The van der Waals surface area contributed by atoms with E-state index in [1.165, 1.54) is 205 Å². The Morgan fingerprint density at radius 1 is 0.271 bits per heavy atom. The molecule has 0 aromatic heterocycles. The molecule has 59 heavy (non-hydrogen) atoms. The largest absolute Gasteiger partial charge is 0.462 e. The number of rotatable bonds is 49. The molecule has 0 heterocycles. The second kappa shape index (κ2) is 49.1. The predicted molar refractivity (Wildman–Crippen MR) is 252 cm³/mol. The van der Waals surface area contributed by atoms with Gasteiger partial charge in [0.1, 0.15) is 13.2 Å². The van der Waals surface area contributed by atoms with E-state index in [0.29, 0.717) is 19.3 Å². The standard InChI is InChI=1S/C53H102O6/c1-4-7-10-13-16-19-21-23-25-27-29-31-34-36-39-42-45-51(54)57-48-50(59-53(56)47-44-41-38-33-18-15-12-9-6-3)49-58-52(55)46-43-40-37-35-32-30-28-26-24-22-20-17-14-11-8-5-2/h50H,4-49H2,1-3H3. The summed E-state index contributed by atoms with van der Waals surface area (Å²) in [6.07, 6.45) is 52.3. The van der Waals surface area contributed by atoms with Crippen LogP contribution in [0.25, 0.3) is 0 Å². The smallest absolute Gasteiger partial charge is 0.306 e. The van der Waals surface area contributed by atoms with E-state index in [2.05, 4.69) is 20.8 Å². The third-order valence-electron chi connectivity index (χ3n) is 12.1. The molecule has 0 aliphatic carbocycles. The molecule has 0 aliphatic heterocycles. The molecule has 0 saturated carbocycles. The van der Waals surface area contributed by atoms with Crippen LogP contribution in [0.15, 0.2) is 0 Å². The van der Waals surface area contributed by atoms with Crippen molar-refractivity contribution in [2.45, 2.75) is 309 Å². The second-order valence-electron chi connectivity index (χ2n) is 18.2. The Morgan fingerprint density at radius 2 is 0.458 bits per heavy atom. The van der Waals surface area contributed by atoms with Crippen LogP contribution in [0.4, 0.5) is 0 Å². The maximum absolute atomic E-state index is 12.7. The monoisotopic (exact) mass is 835 g/mol. The summed E-state index contributed by atoms with van der Waals surface area (Å²) < 4.78 is 16.8. The Balaban J connectivity index is 4.22. The van der Waals surface area contributed by atoms with Crippen molar-refractivity contribution in [3.63, 3.8) is 0 Å². The van der Waals surface area contributed by atoms with Crippen LogP contribution in [0, 0.1) is 0 Å². The zero-order chi connectivity index (χ0) is 43.0. The van der Waals surface area contributed by atoms with Gasteiger partial charge in [-0.1, -0.05) is 265 Å². The highest BCUT2D eigenvalue weighted by atomic mass is 16.6. The second-order valence-corrected chi connectivity index (χ2v) is 18.2. The predicted octanol–water partition coefficient (Wildman–Crippen LogP) is 17.2. The lowest BCUT2D eigenvalue weighted by Crippen LogP contribution is -2.30. The van der Waals surface area contributed by atoms with Crippen molar-refractivity contribution in [2.24, 2.45) is 0 Å². The van der Waals surface area contributed by atoms with Crippen molar-refractivity contribution in [3.8, 4) is 0 Å². The van der Waals surface area contributed by atoms with Crippen LogP contribution in [0.5, 0.6) is 0 Å². The Kier molecular flexibility index (Phi) is 47.7. The quantitative estimate of drug-likeness (QED) is 0.0345. The molecule has 0 rings (SSSR count). The number of hydrogen-bond acceptors (Lipinski definition) is 6. The van der Waals surface area contributed by atoms with Crippen molar-refractivity contribution in [1.82, 2.24) is 0 Å². The van der Waals surface area contributed by atoms with Crippen molar-refractivity contribution in [1.29, 1.82) is 0 Å². The number of unbranched alkanes of at least 4 members (excludes halogenated alkanes) is 38. The number of carbonyl (C=O) groups excluding carboxylic acids is 3. The summed E-state index contributed by atoms with van der Waals surface area (Å²) in [5, 5.41) is 0. The minimum absolute atomic E-state index is 0.0620. The van der Waals surface area contributed by atoms with Gasteiger partial charge in [0, 0.05) is 19.3 Å². The van der Waals surface area contributed by atoms with E-state index in [0.717, 1.165) is 57.8 Å². The molecular weight excluding hydrogens is 733 g/mol. The van der Waals surface area contributed by atoms with Gasteiger partial charge in [0.25, 0.3) is 0 Å². The van der Waals surface area contributed by atoms with Crippen LogP contribution in [0.2, 0.25) is 0 Å². The molecule has 0 aliphatic rings. The van der Waals surface area contributed by atoms with Crippen molar-refractivity contribution >= 4 is 17.9 Å². The molecule has 0 unspecified atom stereocenters. The van der Waals surface area contributed by atoms with E-state index >= 15 is 0 Å². The first-order valence-corrected chi connectivity index (χ1v) is 26.5. The third kappa shape index (κ3) is 47.3. The summed E-state index contributed by atoms with van der Waals surface area (Å²) in [6.45, 7) is 6.67. The van der Waals surface area contributed by atoms with Crippen molar-refractivity contribution < 1.29 is 28.6 Å². The normalized spacial score (nSPS) is 11.4. The fraction of sp³-hybridized carbons (Fsp3) is 0.943. The molecular formula is C53H102O6.